The standard InChI is InChI=1S/C9H14N4/c1-2-6-5-8(11-7-3-4-7)13-9(10)12-6/h5,7H,2-4H2,1H3,(H3,10,11,12,13). The average Bonchev–Trinajstić information content (AvgIpc) is 2.87. The van der Waals surface area contributed by atoms with Crippen molar-refractivity contribution >= 4 is 11.8 Å². The molecule has 1 fully saturated rings. The number of anilines is 2. The van der Waals surface area contributed by atoms with Crippen LogP contribution in [0.4, 0.5) is 11.8 Å². The van der Waals surface area contributed by atoms with Crippen molar-refractivity contribution in [3.63, 3.8) is 0 Å². The van der Waals surface area contributed by atoms with Crippen molar-refractivity contribution in [2.75, 3.05) is 11.1 Å². The Labute approximate surface area is 77.6 Å². The van der Waals surface area contributed by atoms with Gasteiger partial charge in [0.1, 0.15) is 5.82 Å². The van der Waals surface area contributed by atoms with E-state index >= 15 is 0 Å². The Kier molecular flexibility index (Phi) is 2.04. The number of aryl methyl sites for hydroxylation is 1. The second kappa shape index (κ2) is 3.20. The van der Waals surface area contributed by atoms with Gasteiger partial charge >= 0.3 is 0 Å². The van der Waals surface area contributed by atoms with Crippen LogP contribution in [-0.4, -0.2) is 16.0 Å². The van der Waals surface area contributed by atoms with Gasteiger partial charge in [0.25, 0.3) is 0 Å². The molecule has 2 rings (SSSR count). The van der Waals surface area contributed by atoms with Crippen LogP contribution in [0.2, 0.25) is 0 Å². The highest BCUT2D eigenvalue weighted by Gasteiger charge is 2.21. The molecule has 0 saturated heterocycles. The summed E-state index contributed by atoms with van der Waals surface area (Å²) in [6.07, 6.45) is 3.38. The lowest BCUT2D eigenvalue weighted by molar-refractivity contribution is 0.996. The maximum atomic E-state index is 5.57. The molecule has 0 radical (unpaired) electrons. The molecule has 1 aliphatic carbocycles. The molecule has 0 aromatic carbocycles. The molecule has 0 atom stereocenters. The fourth-order valence-electron chi connectivity index (χ4n) is 1.21. The van der Waals surface area contributed by atoms with E-state index in [2.05, 4.69) is 22.2 Å². The van der Waals surface area contributed by atoms with Crippen molar-refractivity contribution in [2.45, 2.75) is 32.2 Å². The van der Waals surface area contributed by atoms with E-state index in [0.29, 0.717) is 12.0 Å². The number of nitrogens with one attached hydrogen (secondary N) is 1. The molecule has 0 unspecified atom stereocenters. The first-order chi connectivity index (χ1) is 6.28. The second-order valence-electron chi connectivity index (χ2n) is 3.37. The average molecular weight is 178 g/mol. The van der Waals surface area contributed by atoms with Gasteiger partial charge in [-0.05, 0) is 19.3 Å². The molecule has 0 spiro atoms. The Morgan fingerprint density at radius 1 is 1.54 bits per heavy atom. The molecule has 0 aliphatic heterocycles. The Hall–Kier alpha value is -1.32. The molecule has 13 heavy (non-hydrogen) atoms. The van der Waals surface area contributed by atoms with Gasteiger partial charge in [-0.3, -0.25) is 0 Å². The molecule has 0 amide bonds. The first-order valence-corrected chi connectivity index (χ1v) is 4.68. The highest BCUT2D eigenvalue weighted by molar-refractivity contribution is 5.42. The smallest absolute Gasteiger partial charge is 0.222 e. The van der Waals surface area contributed by atoms with Crippen molar-refractivity contribution in [2.24, 2.45) is 0 Å². The van der Waals surface area contributed by atoms with E-state index < -0.39 is 0 Å². The number of aromatic nitrogens is 2. The minimum atomic E-state index is 0.363. The van der Waals surface area contributed by atoms with Gasteiger partial charge in [-0.2, -0.15) is 4.98 Å². The topological polar surface area (TPSA) is 63.8 Å². The molecular formula is C9H14N4. The van der Waals surface area contributed by atoms with Crippen LogP contribution in [0.15, 0.2) is 6.07 Å². The lowest BCUT2D eigenvalue weighted by Gasteiger charge is -2.05. The fourth-order valence-corrected chi connectivity index (χ4v) is 1.21. The molecule has 4 heteroatoms. The van der Waals surface area contributed by atoms with E-state index in [1.54, 1.807) is 0 Å². The fraction of sp³-hybridized carbons (Fsp3) is 0.556. The van der Waals surface area contributed by atoms with Crippen molar-refractivity contribution in [1.82, 2.24) is 9.97 Å². The molecule has 3 N–H and O–H groups in total. The van der Waals surface area contributed by atoms with Gasteiger partial charge in [0.2, 0.25) is 5.95 Å². The van der Waals surface area contributed by atoms with Crippen LogP contribution in [0.25, 0.3) is 0 Å². The van der Waals surface area contributed by atoms with Crippen LogP contribution < -0.4 is 11.1 Å². The van der Waals surface area contributed by atoms with Crippen LogP contribution in [0, 0.1) is 0 Å². The molecule has 1 aromatic heterocycles. The highest BCUT2D eigenvalue weighted by atomic mass is 15.1. The Morgan fingerprint density at radius 2 is 2.31 bits per heavy atom. The molecule has 1 heterocycles. The maximum absolute atomic E-state index is 5.57. The van der Waals surface area contributed by atoms with Gasteiger partial charge in [-0.1, -0.05) is 6.92 Å². The van der Waals surface area contributed by atoms with Gasteiger partial charge in [-0.15, -0.1) is 0 Å². The third kappa shape index (κ3) is 2.08. The zero-order valence-corrected chi connectivity index (χ0v) is 7.75. The largest absolute Gasteiger partial charge is 0.368 e. The number of nitrogen functional groups attached to an aromatic ring is 1. The molecule has 1 aromatic rings. The zero-order valence-electron chi connectivity index (χ0n) is 7.75. The summed E-state index contributed by atoms with van der Waals surface area (Å²) < 4.78 is 0. The van der Waals surface area contributed by atoms with Crippen molar-refractivity contribution in [3.05, 3.63) is 11.8 Å². The summed E-state index contributed by atoms with van der Waals surface area (Å²) in [4.78, 5) is 8.22. The summed E-state index contributed by atoms with van der Waals surface area (Å²) in [7, 11) is 0. The predicted molar refractivity (Wildman–Crippen MR) is 52.5 cm³/mol. The number of nitrogens with zero attached hydrogens (tertiary/aromatic N) is 2. The molecule has 70 valence electrons. The number of nitrogens with two attached hydrogens (primary N) is 1. The predicted octanol–water partition coefficient (Wildman–Crippen LogP) is 1.20. The minimum Gasteiger partial charge on any atom is -0.368 e. The zero-order chi connectivity index (χ0) is 9.26. The number of hydrogen-bond acceptors (Lipinski definition) is 4. The summed E-state index contributed by atoms with van der Waals surface area (Å²) >= 11 is 0. The molecule has 1 aliphatic rings. The van der Waals surface area contributed by atoms with Crippen LogP contribution in [-0.2, 0) is 6.42 Å². The van der Waals surface area contributed by atoms with Gasteiger partial charge < -0.3 is 11.1 Å². The van der Waals surface area contributed by atoms with Gasteiger partial charge in [0, 0.05) is 17.8 Å². The first-order valence-electron chi connectivity index (χ1n) is 4.68. The van der Waals surface area contributed by atoms with Crippen LogP contribution in [0.1, 0.15) is 25.5 Å². The van der Waals surface area contributed by atoms with Crippen LogP contribution in [0.5, 0.6) is 0 Å². The quantitative estimate of drug-likeness (QED) is 0.730. The first kappa shape index (κ1) is 8.29. The minimum absolute atomic E-state index is 0.363. The normalized spacial score (nSPS) is 15.8. The molecule has 1 saturated carbocycles. The monoisotopic (exact) mass is 178 g/mol. The van der Waals surface area contributed by atoms with E-state index in [1.807, 2.05) is 6.07 Å². The summed E-state index contributed by atoms with van der Waals surface area (Å²) in [5.74, 6) is 1.23. The lowest BCUT2D eigenvalue weighted by atomic mass is 10.3. The van der Waals surface area contributed by atoms with Crippen molar-refractivity contribution in [1.29, 1.82) is 0 Å². The number of rotatable bonds is 3. The van der Waals surface area contributed by atoms with E-state index in [-0.39, 0.29) is 0 Å². The van der Waals surface area contributed by atoms with Crippen molar-refractivity contribution < 1.29 is 0 Å². The van der Waals surface area contributed by atoms with E-state index in [4.69, 9.17) is 5.73 Å². The lowest BCUT2D eigenvalue weighted by Crippen LogP contribution is -2.07. The van der Waals surface area contributed by atoms with E-state index in [0.717, 1.165) is 17.9 Å². The van der Waals surface area contributed by atoms with Crippen LogP contribution >= 0.6 is 0 Å². The van der Waals surface area contributed by atoms with Gasteiger partial charge in [0.15, 0.2) is 0 Å². The summed E-state index contributed by atoms with van der Waals surface area (Å²) in [5.41, 5.74) is 6.56. The SMILES string of the molecule is CCc1cc(NC2CC2)nc(N)n1. The van der Waals surface area contributed by atoms with Gasteiger partial charge in [-0.25, -0.2) is 4.98 Å². The van der Waals surface area contributed by atoms with Crippen molar-refractivity contribution in [3.8, 4) is 0 Å². The van der Waals surface area contributed by atoms with E-state index in [9.17, 15) is 0 Å². The Bertz CT molecular complexity index is 306. The summed E-state index contributed by atoms with van der Waals surface area (Å²) in [5, 5.41) is 3.30. The van der Waals surface area contributed by atoms with Gasteiger partial charge in [0.05, 0.1) is 0 Å². The molecule has 0 bridgehead atoms. The third-order valence-electron chi connectivity index (χ3n) is 2.09. The summed E-state index contributed by atoms with van der Waals surface area (Å²) in [6, 6.07) is 2.58. The second-order valence-corrected chi connectivity index (χ2v) is 3.37. The third-order valence-corrected chi connectivity index (χ3v) is 2.09. The number of hydrogen-bond donors (Lipinski definition) is 2. The maximum Gasteiger partial charge on any atom is 0.222 e. The van der Waals surface area contributed by atoms with E-state index in [1.165, 1.54) is 12.8 Å². The Balaban J connectivity index is 2.17. The molecular weight excluding hydrogens is 164 g/mol. The molecule has 4 nitrogen and oxygen atoms in total. The summed E-state index contributed by atoms with van der Waals surface area (Å²) in [6.45, 7) is 2.06. The Morgan fingerprint density at radius 3 is 2.92 bits per heavy atom. The van der Waals surface area contributed by atoms with Crippen LogP contribution in [0.3, 0.4) is 0 Å². The highest BCUT2D eigenvalue weighted by Crippen LogP contribution is 2.24.